The predicted octanol–water partition coefficient (Wildman–Crippen LogP) is 11.5. The standard InChI is InChI=1S/2C29H23F3N6O.CH4O.2HO4P.2H2/c2*1-18-5-6-20(10-22(18)11-27-34-9-7-26(37-27)21-4-3-8-33-15-21)28(39)36-24-12-23(29(30,31)32)13-25(14-24)38-16-19(2)35-17-38;1-2;2*1-4-5(2)3;;/h2*3-10,12-17H,11H2,1-2H3,(H,36,39);2H,1H3;2*1H;2*1H. The van der Waals surface area contributed by atoms with E-state index >= 15 is 0 Å². The molecule has 4 aromatic carbocycles. The summed E-state index contributed by atoms with van der Waals surface area (Å²) in [5, 5.41) is 26.3. The summed E-state index contributed by atoms with van der Waals surface area (Å²) >= 11 is 0. The van der Waals surface area contributed by atoms with E-state index < -0.39 is 51.8 Å². The molecule has 0 radical (unpaired) electrons. The van der Waals surface area contributed by atoms with Gasteiger partial charge in [-0.15, -0.1) is 0 Å². The van der Waals surface area contributed by atoms with E-state index in [9.17, 15) is 35.9 Å². The Hall–Kier alpha value is -9.80. The Bertz CT molecular complexity index is 3840. The molecule has 470 valence electrons. The lowest BCUT2D eigenvalue weighted by Gasteiger charge is -2.14. The van der Waals surface area contributed by atoms with Gasteiger partial charge in [0, 0.05) is 127 Å². The van der Waals surface area contributed by atoms with E-state index in [-0.39, 0.29) is 25.6 Å². The monoisotopic (exact) mass is 1280 g/mol. The number of nitrogens with one attached hydrogen (secondary N) is 2. The van der Waals surface area contributed by atoms with E-state index in [0.29, 0.717) is 47.0 Å². The first-order chi connectivity index (χ1) is 42.8. The Morgan fingerprint density at radius 2 is 0.933 bits per heavy atom. The molecule has 6 heterocycles. The normalized spacial score (nSPS) is 11.2. The molecule has 31 heteroatoms. The summed E-state index contributed by atoms with van der Waals surface area (Å²) in [6.45, 7) is 7.30. The largest absolute Gasteiger partial charge is 0.565 e. The first kappa shape index (κ1) is 69.3. The van der Waals surface area contributed by atoms with Crippen molar-refractivity contribution in [2.45, 2.75) is 52.9 Å². The number of aliphatic hydroxyl groups is 1. The predicted molar refractivity (Wildman–Crippen MR) is 316 cm³/mol. The van der Waals surface area contributed by atoms with Gasteiger partial charge < -0.3 is 34.7 Å². The minimum absolute atomic E-state index is 0. The Morgan fingerprint density at radius 1 is 0.556 bits per heavy atom. The number of imidazole rings is 2. The van der Waals surface area contributed by atoms with Crippen molar-refractivity contribution in [3.8, 4) is 33.9 Å². The molecule has 10 rings (SSSR count). The third-order valence-corrected chi connectivity index (χ3v) is 12.7. The van der Waals surface area contributed by atoms with Gasteiger partial charge in [-0.1, -0.05) is 12.1 Å². The summed E-state index contributed by atoms with van der Waals surface area (Å²) in [5.74, 6) is 0.0621. The molecule has 5 N–H and O–H groups in total. The molecule has 0 aliphatic rings. The number of benzene rings is 4. The van der Waals surface area contributed by atoms with E-state index in [0.717, 1.165) is 76.1 Å². The summed E-state index contributed by atoms with van der Waals surface area (Å²) in [7, 11) is -5.09. The van der Waals surface area contributed by atoms with Crippen LogP contribution in [0.4, 0.5) is 37.7 Å². The molecule has 0 aliphatic heterocycles. The highest BCUT2D eigenvalue weighted by atomic mass is 31.1. The highest BCUT2D eigenvalue weighted by Gasteiger charge is 2.33. The second-order valence-corrected chi connectivity index (χ2v) is 20.0. The van der Waals surface area contributed by atoms with E-state index in [4.69, 9.17) is 34.5 Å². The highest BCUT2D eigenvalue weighted by Crippen LogP contribution is 2.35. The van der Waals surface area contributed by atoms with Crippen LogP contribution in [0.2, 0.25) is 0 Å². The van der Waals surface area contributed by atoms with Crippen molar-refractivity contribution < 1.29 is 82.7 Å². The number of hydrogen-bond donors (Lipinski definition) is 5. The number of aryl methyl sites for hydroxylation is 4. The SMILES string of the molecule is CO.Cc1cn(-c2cc(NC(=O)c3ccc(C)c(Cc4nccc(-c5cccnc5)n4)c3)cc(C(F)(F)F)c2)cn1.Cc1cn(-c2cc(NC(=O)c3ccc(C)c(Cc4nccc(-c5cccnc5)n4)c3)cc(C(F)(F)F)c2)cn1.O=[P+]([O-])OO.O=[P+]([O-])OO.[HH].[HH]. The number of amides is 2. The molecular formula is C59H56F6N12O11P2. The maximum absolute atomic E-state index is 13.6. The second-order valence-electron chi connectivity index (χ2n) is 18.7. The fourth-order valence-electron chi connectivity index (χ4n) is 8.19. The number of carbonyl (C=O) groups excluding carboxylic acids is 2. The number of pyridine rings is 2. The van der Waals surface area contributed by atoms with Crippen molar-refractivity contribution in [3.63, 3.8) is 0 Å². The van der Waals surface area contributed by atoms with E-state index in [2.05, 4.69) is 59.9 Å². The van der Waals surface area contributed by atoms with Crippen LogP contribution >= 0.6 is 16.5 Å². The summed E-state index contributed by atoms with van der Waals surface area (Å²) in [6, 6.07) is 28.1. The molecule has 0 saturated carbocycles. The molecular weight excluding hydrogens is 1230 g/mol. The third kappa shape index (κ3) is 20.7. The lowest BCUT2D eigenvalue weighted by Crippen LogP contribution is -2.14. The molecule has 6 aromatic heterocycles. The molecule has 23 nitrogen and oxygen atoms in total. The van der Waals surface area contributed by atoms with Gasteiger partial charge in [0.25, 0.3) is 11.8 Å². The van der Waals surface area contributed by atoms with Gasteiger partial charge in [0.15, 0.2) is 0 Å². The van der Waals surface area contributed by atoms with Crippen LogP contribution in [0.25, 0.3) is 33.9 Å². The first-order valence-electron chi connectivity index (χ1n) is 25.9. The summed E-state index contributed by atoms with van der Waals surface area (Å²) < 4.78 is 108. The van der Waals surface area contributed by atoms with Gasteiger partial charge in [0.2, 0.25) is 0 Å². The fraction of sp³-hybridized carbons (Fsp3) is 0.153. The number of rotatable bonds is 14. The van der Waals surface area contributed by atoms with Crippen LogP contribution in [-0.2, 0) is 43.7 Å². The van der Waals surface area contributed by atoms with E-state index in [1.54, 1.807) is 112 Å². The molecule has 0 fully saturated rings. The minimum atomic E-state index is -4.59. The Morgan fingerprint density at radius 3 is 1.24 bits per heavy atom. The topological polar surface area (TPSA) is 331 Å². The van der Waals surface area contributed by atoms with Crippen LogP contribution in [0.5, 0.6) is 0 Å². The average molecular weight is 1290 g/mol. The Balaban J connectivity index is 0.000000328. The molecule has 0 bridgehead atoms. The molecule has 90 heavy (non-hydrogen) atoms. The molecule has 2 atom stereocenters. The van der Waals surface area contributed by atoms with Crippen LogP contribution in [0.15, 0.2) is 171 Å². The molecule has 2 unspecified atom stereocenters. The lowest BCUT2D eigenvalue weighted by atomic mass is 10.0. The maximum atomic E-state index is 13.6. The third-order valence-electron chi connectivity index (χ3n) is 12.4. The van der Waals surface area contributed by atoms with Gasteiger partial charge in [-0.05, 0) is 156 Å². The van der Waals surface area contributed by atoms with Crippen LogP contribution in [0.3, 0.4) is 0 Å². The zero-order valence-corrected chi connectivity index (χ0v) is 49.6. The number of aromatic nitrogens is 10. The fourth-order valence-corrected chi connectivity index (χ4v) is 8.19. The number of anilines is 2. The van der Waals surface area contributed by atoms with Crippen molar-refractivity contribution in [1.29, 1.82) is 0 Å². The van der Waals surface area contributed by atoms with Crippen molar-refractivity contribution in [2.24, 2.45) is 0 Å². The number of aliphatic hydroxyl groups excluding tert-OH is 1. The van der Waals surface area contributed by atoms with Gasteiger partial charge in [-0.2, -0.15) is 26.3 Å². The lowest BCUT2D eigenvalue weighted by molar-refractivity contribution is -0.245. The van der Waals surface area contributed by atoms with Crippen LogP contribution in [0.1, 0.15) is 80.0 Å². The van der Waals surface area contributed by atoms with Gasteiger partial charge in [0.05, 0.1) is 46.6 Å². The van der Waals surface area contributed by atoms with Crippen LogP contribution < -0.4 is 20.4 Å². The van der Waals surface area contributed by atoms with E-state index in [1.807, 2.05) is 38.1 Å². The molecule has 10 aromatic rings. The number of halogens is 6. The first-order valence-corrected chi connectivity index (χ1v) is 28.1. The molecule has 0 aliphatic carbocycles. The van der Waals surface area contributed by atoms with Crippen molar-refractivity contribution in [3.05, 3.63) is 239 Å². The van der Waals surface area contributed by atoms with Crippen LogP contribution in [0, 0.1) is 27.7 Å². The van der Waals surface area contributed by atoms with Crippen molar-refractivity contribution in [1.82, 2.24) is 49.0 Å². The second kappa shape index (κ2) is 32.4. The summed E-state index contributed by atoms with van der Waals surface area (Å²) in [5.41, 5.74) is 7.34. The van der Waals surface area contributed by atoms with Gasteiger partial charge in [-0.3, -0.25) is 19.6 Å². The number of carbonyl (C=O) groups is 2. The average Bonchev–Trinajstić information content (AvgIpc) is 1.41. The number of hydrogen-bond acceptors (Lipinski definition) is 19. The maximum Gasteiger partial charge on any atom is 0.521 e. The Labute approximate surface area is 513 Å². The van der Waals surface area contributed by atoms with Crippen molar-refractivity contribution in [2.75, 3.05) is 17.7 Å². The quantitative estimate of drug-likeness (QED) is 0.0292. The molecule has 0 spiro atoms. The zero-order chi connectivity index (χ0) is 65.7. The van der Waals surface area contributed by atoms with Gasteiger partial charge in [0.1, 0.15) is 11.6 Å². The summed E-state index contributed by atoms with van der Waals surface area (Å²) in [4.78, 5) is 78.5. The minimum Gasteiger partial charge on any atom is -0.565 e. The molecule has 0 saturated heterocycles. The van der Waals surface area contributed by atoms with Gasteiger partial charge in [-0.25, -0.2) is 40.4 Å². The van der Waals surface area contributed by atoms with Crippen molar-refractivity contribution >= 4 is 39.7 Å². The zero-order valence-electron chi connectivity index (χ0n) is 47.8. The highest BCUT2D eigenvalue weighted by molar-refractivity contribution is 7.30. The van der Waals surface area contributed by atoms with E-state index in [1.165, 1.54) is 33.9 Å². The van der Waals surface area contributed by atoms with Crippen LogP contribution in [-0.4, -0.2) is 83.6 Å². The van der Waals surface area contributed by atoms with Gasteiger partial charge >= 0.3 is 28.9 Å². The summed E-state index contributed by atoms with van der Waals surface area (Å²) in [6.07, 6.45) is 7.77. The molecule has 2 amide bonds. The Kier molecular flexibility index (Phi) is 25.0. The number of alkyl halides is 6. The smallest absolute Gasteiger partial charge is 0.521 e. The number of nitrogens with zero attached hydrogens (tertiary/aromatic N) is 10.